The van der Waals surface area contributed by atoms with Crippen molar-refractivity contribution in [2.45, 2.75) is 32.7 Å². The van der Waals surface area contributed by atoms with Crippen LogP contribution < -0.4 is 15.5 Å². The number of likely N-dealkylation sites (tertiary alicyclic amines) is 1. The minimum absolute atomic E-state index is 0. The topological polar surface area (TPSA) is 76.1 Å². The molecule has 0 bridgehead atoms. The van der Waals surface area contributed by atoms with E-state index >= 15 is 0 Å². The lowest BCUT2D eigenvalue weighted by molar-refractivity contribution is -0.127. The van der Waals surface area contributed by atoms with Crippen LogP contribution in [0, 0.1) is 0 Å². The van der Waals surface area contributed by atoms with Gasteiger partial charge in [-0.25, -0.2) is 9.98 Å². The number of carbonyl (C=O) groups is 1. The molecular weight excluding hydrogens is 493 g/mol. The van der Waals surface area contributed by atoms with E-state index in [1.54, 1.807) is 0 Å². The Morgan fingerprint density at radius 3 is 2.60 bits per heavy atom. The molecule has 2 N–H and O–H groups in total. The number of nitrogens with one attached hydrogen (secondary N) is 2. The summed E-state index contributed by atoms with van der Waals surface area (Å²) >= 11 is 0. The Morgan fingerprint density at radius 2 is 1.97 bits per heavy atom. The highest BCUT2D eigenvalue weighted by atomic mass is 127. The summed E-state index contributed by atoms with van der Waals surface area (Å²) in [5.74, 6) is 2.15. The summed E-state index contributed by atoms with van der Waals surface area (Å²) in [6.45, 7) is 10.2. The van der Waals surface area contributed by atoms with Crippen LogP contribution in [0.15, 0.2) is 23.3 Å². The fourth-order valence-corrected chi connectivity index (χ4v) is 3.66. The van der Waals surface area contributed by atoms with Crippen molar-refractivity contribution in [2.24, 2.45) is 4.99 Å². The number of guanidine groups is 1. The number of likely N-dealkylation sites (N-methyl/N-ethyl adjacent to an activating group) is 1. The third-order valence-corrected chi connectivity index (χ3v) is 5.47. The predicted molar refractivity (Wildman–Crippen MR) is 133 cm³/mol. The lowest BCUT2D eigenvalue weighted by Gasteiger charge is -2.33. The maximum Gasteiger partial charge on any atom is 0.222 e. The van der Waals surface area contributed by atoms with Gasteiger partial charge >= 0.3 is 0 Å². The maximum absolute atomic E-state index is 11.7. The molecule has 1 aromatic heterocycles. The van der Waals surface area contributed by atoms with Crippen LogP contribution in [0.4, 0.5) is 5.82 Å². The van der Waals surface area contributed by atoms with Crippen molar-refractivity contribution in [3.8, 4) is 0 Å². The number of aromatic nitrogens is 1. The van der Waals surface area contributed by atoms with E-state index in [9.17, 15) is 4.79 Å². The normalized spacial score (nSPS) is 17.8. The minimum Gasteiger partial charge on any atom is -0.357 e. The zero-order valence-corrected chi connectivity index (χ0v) is 20.6. The first-order valence-electron chi connectivity index (χ1n) is 10.8. The average molecular weight is 529 g/mol. The van der Waals surface area contributed by atoms with Crippen molar-refractivity contribution in [1.82, 2.24) is 25.4 Å². The van der Waals surface area contributed by atoms with Gasteiger partial charge < -0.3 is 25.3 Å². The largest absolute Gasteiger partial charge is 0.357 e. The molecule has 1 amide bonds. The van der Waals surface area contributed by atoms with Gasteiger partial charge in [0.05, 0.1) is 6.54 Å². The van der Waals surface area contributed by atoms with E-state index in [-0.39, 0.29) is 29.9 Å². The van der Waals surface area contributed by atoms with Crippen LogP contribution in [0.3, 0.4) is 0 Å². The number of halogens is 1. The van der Waals surface area contributed by atoms with Crippen molar-refractivity contribution in [3.05, 3.63) is 23.9 Å². The minimum atomic E-state index is 0. The summed E-state index contributed by atoms with van der Waals surface area (Å²) < 4.78 is 0. The summed E-state index contributed by atoms with van der Waals surface area (Å²) in [7, 11) is 2.16. The van der Waals surface area contributed by atoms with Gasteiger partial charge in [-0.3, -0.25) is 4.79 Å². The van der Waals surface area contributed by atoms with E-state index < -0.39 is 0 Å². The van der Waals surface area contributed by atoms with Gasteiger partial charge in [0.1, 0.15) is 5.82 Å². The lowest BCUT2D eigenvalue weighted by Crippen LogP contribution is -2.44. The average Bonchev–Trinajstić information content (AvgIpc) is 3.15. The monoisotopic (exact) mass is 529 g/mol. The highest BCUT2D eigenvalue weighted by molar-refractivity contribution is 14.0. The molecule has 0 aliphatic carbocycles. The molecular formula is C21H36IN7O. The number of rotatable bonds is 8. The fourth-order valence-electron chi connectivity index (χ4n) is 3.66. The van der Waals surface area contributed by atoms with Crippen LogP contribution in [-0.2, 0) is 11.3 Å². The second-order valence-electron chi connectivity index (χ2n) is 7.77. The molecule has 0 unspecified atom stereocenters. The van der Waals surface area contributed by atoms with Gasteiger partial charge in [0, 0.05) is 65.0 Å². The summed E-state index contributed by atoms with van der Waals surface area (Å²) in [4.78, 5) is 27.6. The Balaban J connectivity index is 0.00000320. The van der Waals surface area contributed by atoms with Gasteiger partial charge in [0.2, 0.25) is 5.91 Å². The van der Waals surface area contributed by atoms with Crippen LogP contribution in [0.2, 0.25) is 0 Å². The number of amides is 1. The van der Waals surface area contributed by atoms with E-state index in [0.717, 1.165) is 82.5 Å². The molecule has 3 rings (SSSR count). The molecule has 2 aliphatic heterocycles. The van der Waals surface area contributed by atoms with Gasteiger partial charge in [-0.2, -0.15) is 0 Å². The lowest BCUT2D eigenvalue weighted by atomic mass is 10.2. The van der Waals surface area contributed by atoms with Gasteiger partial charge in [-0.1, -0.05) is 6.07 Å². The quantitative estimate of drug-likeness (QED) is 0.230. The Kier molecular flexibility index (Phi) is 10.6. The van der Waals surface area contributed by atoms with E-state index in [1.165, 1.54) is 0 Å². The van der Waals surface area contributed by atoms with Gasteiger partial charge in [0.25, 0.3) is 0 Å². The van der Waals surface area contributed by atoms with Crippen LogP contribution in [0.5, 0.6) is 0 Å². The number of nitrogens with zero attached hydrogens (tertiary/aromatic N) is 5. The Hall–Kier alpha value is -1.62. The van der Waals surface area contributed by atoms with Crippen molar-refractivity contribution in [3.63, 3.8) is 0 Å². The molecule has 2 fully saturated rings. The summed E-state index contributed by atoms with van der Waals surface area (Å²) in [5.41, 5.74) is 1.10. The summed E-state index contributed by atoms with van der Waals surface area (Å²) in [6, 6.07) is 4.22. The van der Waals surface area contributed by atoms with Crippen molar-refractivity contribution in [1.29, 1.82) is 0 Å². The van der Waals surface area contributed by atoms with Crippen LogP contribution in [0.1, 0.15) is 31.7 Å². The zero-order valence-electron chi connectivity index (χ0n) is 18.3. The third-order valence-electron chi connectivity index (χ3n) is 5.47. The number of pyridine rings is 1. The molecule has 9 heteroatoms. The first kappa shape index (κ1) is 24.6. The van der Waals surface area contributed by atoms with Crippen molar-refractivity contribution in [2.75, 3.05) is 64.3 Å². The Bertz CT molecular complexity index is 674. The standard InChI is InChI=1S/C21H35N7O.HI/c1-3-22-21(23-9-5-11-28-10-4-6-20(28)29)25-17-18-7-8-19(24-16-18)27-14-12-26(2)13-15-27;/h7-8,16H,3-6,9-15,17H2,1-2H3,(H2,22,23,25);1H. The fraction of sp³-hybridized carbons (Fsp3) is 0.667. The SMILES string of the molecule is CCNC(=NCc1ccc(N2CCN(C)CC2)nc1)NCCCN1CCCC1=O.I. The number of piperazine rings is 1. The van der Waals surface area contributed by atoms with Crippen LogP contribution >= 0.6 is 24.0 Å². The molecule has 8 nitrogen and oxygen atoms in total. The Morgan fingerprint density at radius 1 is 1.17 bits per heavy atom. The molecule has 0 spiro atoms. The second-order valence-corrected chi connectivity index (χ2v) is 7.77. The number of hydrogen-bond acceptors (Lipinski definition) is 5. The van der Waals surface area contributed by atoms with Crippen molar-refractivity contribution >= 4 is 41.7 Å². The first-order chi connectivity index (χ1) is 14.2. The first-order valence-corrected chi connectivity index (χ1v) is 10.8. The highest BCUT2D eigenvalue weighted by Gasteiger charge is 2.19. The summed E-state index contributed by atoms with van der Waals surface area (Å²) in [6.07, 6.45) is 4.56. The maximum atomic E-state index is 11.7. The molecule has 0 saturated carbocycles. The Labute approximate surface area is 197 Å². The number of aliphatic imine (C=N–C) groups is 1. The molecule has 30 heavy (non-hydrogen) atoms. The molecule has 2 saturated heterocycles. The zero-order chi connectivity index (χ0) is 20.5. The number of anilines is 1. The molecule has 2 aliphatic rings. The van der Waals surface area contributed by atoms with E-state index in [4.69, 9.17) is 0 Å². The van der Waals surface area contributed by atoms with E-state index in [1.807, 2.05) is 11.1 Å². The molecule has 3 heterocycles. The van der Waals surface area contributed by atoms with E-state index in [2.05, 4.69) is 56.5 Å². The number of carbonyl (C=O) groups excluding carboxylic acids is 1. The van der Waals surface area contributed by atoms with Gasteiger partial charge in [0.15, 0.2) is 5.96 Å². The molecule has 168 valence electrons. The van der Waals surface area contributed by atoms with Crippen molar-refractivity contribution < 1.29 is 4.79 Å². The predicted octanol–water partition coefficient (Wildman–Crippen LogP) is 1.52. The molecule has 0 atom stereocenters. The molecule has 1 aromatic rings. The molecule has 0 radical (unpaired) electrons. The van der Waals surface area contributed by atoms with E-state index in [0.29, 0.717) is 13.0 Å². The van der Waals surface area contributed by atoms with Crippen LogP contribution in [-0.4, -0.2) is 86.1 Å². The smallest absolute Gasteiger partial charge is 0.222 e. The molecule has 0 aromatic carbocycles. The van der Waals surface area contributed by atoms with Gasteiger partial charge in [-0.15, -0.1) is 24.0 Å². The summed E-state index contributed by atoms with van der Waals surface area (Å²) in [5, 5.41) is 6.65. The van der Waals surface area contributed by atoms with Crippen LogP contribution in [0.25, 0.3) is 0 Å². The third kappa shape index (κ3) is 7.57. The number of hydrogen-bond donors (Lipinski definition) is 2. The highest BCUT2D eigenvalue weighted by Crippen LogP contribution is 2.14. The second kappa shape index (κ2) is 12.9. The van der Waals surface area contributed by atoms with Gasteiger partial charge in [-0.05, 0) is 38.4 Å².